The number of nitrogens with one attached hydrogen (secondary N) is 1. The molecule has 0 aliphatic rings. The van der Waals surface area contributed by atoms with Gasteiger partial charge in [0.05, 0.1) is 12.1 Å². The van der Waals surface area contributed by atoms with Gasteiger partial charge in [0.2, 0.25) is 5.91 Å². The van der Waals surface area contributed by atoms with Gasteiger partial charge in [0, 0.05) is 5.75 Å². The van der Waals surface area contributed by atoms with Crippen molar-refractivity contribution >= 4 is 33.3 Å². The second-order valence-corrected chi connectivity index (χ2v) is 5.75. The fraction of sp³-hybridized carbons (Fsp3) is 0.778. The number of amides is 1. The molecule has 15 heavy (non-hydrogen) atoms. The maximum Gasteiger partial charge on any atom is 0.237 e. The first kappa shape index (κ1) is 14.8. The van der Waals surface area contributed by atoms with Crippen LogP contribution in [-0.2, 0) is 9.59 Å². The normalized spacial score (nSPS) is 14.4. The van der Waals surface area contributed by atoms with E-state index < -0.39 is 12.1 Å². The molecule has 0 radical (unpaired) electrons. The number of rotatable bonds is 7. The Hall–Kier alpha value is -0.200. The van der Waals surface area contributed by atoms with Crippen molar-refractivity contribution in [3.05, 3.63) is 0 Å². The highest BCUT2D eigenvalue weighted by molar-refractivity contribution is 8.76. The lowest BCUT2D eigenvalue weighted by Gasteiger charge is -2.17. The van der Waals surface area contributed by atoms with Crippen LogP contribution in [0.25, 0.3) is 0 Å². The summed E-state index contributed by atoms with van der Waals surface area (Å²) in [6, 6.07) is -0.946. The maximum atomic E-state index is 11.4. The SMILES string of the molecule is CCC(N)C(=O)NC(CSSC)C(C)=O. The molecule has 0 bridgehead atoms. The number of hydrogen-bond donors (Lipinski definition) is 2. The van der Waals surface area contributed by atoms with E-state index in [0.29, 0.717) is 12.2 Å². The third-order valence-corrected chi connectivity index (χ3v) is 3.76. The fourth-order valence-electron chi connectivity index (χ4n) is 0.861. The number of ketones is 1. The number of hydrogen-bond acceptors (Lipinski definition) is 5. The molecular weight excluding hydrogens is 232 g/mol. The maximum absolute atomic E-state index is 11.4. The minimum Gasteiger partial charge on any atom is -0.344 e. The first-order chi connectivity index (χ1) is 7.02. The molecule has 4 nitrogen and oxygen atoms in total. The van der Waals surface area contributed by atoms with Crippen molar-refractivity contribution in [1.29, 1.82) is 0 Å². The highest BCUT2D eigenvalue weighted by atomic mass is 33.1. The van der Waals surface area contributed by atoms with E-state index in [1.807, 2.05) is 13.2 Å². The molecule has 0 aliphatic carbocycles. The van der Waals surface area contributed by atoms with E-state index >= 15 is 0 Å². The first-order valence-corrected chi connectivity index (χ1v) is 7.47. The van der Waals surface area contributed by atoms with Crippen LogP contribution in [0, 0.1) is 0 Å². The summed E-state index contributed by atoms with van der Waals surface area (Å²) in [5.41, 5.74) is 5.56. The minimum absolute atomic E-state index is 0.0341. The van der Waals surface area contributed by atoms with E-state index in [4.69, 9.17) is 5.73 Å². The van der Waals surface area contributed by atoms with E-state index in [2.05, 4.69) is 5.32 Å². The standard InChI is InChI=1S/C9H18N2O2S2/c1-4-7(10)9(13)11-8(6(2)12)5-15-14-3/h7-8H,4-5,10H2,1-3H3,(H,11,13). The molecule has 0 fully saturated rings. The number of carbonyl (C=O) groups is 2. The average Bonchev–Trinajstić information content (AvgIpc) is 2.22. The van der Waals surface area contributed by atoms with Crippen LogP contribution >= 0.6 is 21.6 Å². The van der Waals surface area contributed by atoms with Crippen LogP contribution in [0.4, 0.5) is 0 Å². The van der Waals surface area contributed by atoms with E-state index in [1.165, 1.54) is 6.92 Å². The van der Waals surface area contributed by atoms with Gasteiger partial charge >= 0.3 is 0 Å². The van der Waals surface area contributed by atoms with Crippen molar-refractivity contribution in [1.82, 2.24) is 5.32 Å². The zero-order valence-corrected chi connectivity index (χ0v) is 10.9. The second kappa shape index (κ2) is 8.01. The summed E-state index contributed by atoms with van der Waals surface area (Å²) < 4.78 is 0. The largest absolute Gasteiger partial charge is 0.344 e. The van der Waals surface area contributed by atoms with E-state index in [-0.39, 0.29) is 11.7 Å². The van der Waals surface area contributed by atoms with Gasteiger partial charge in [-0.1, -0.05) is 28.5 Å². The van der Waals surface area contributed by atoms with Crippen molar-refractivity contribution in [3.8, 4) is 0 Å². The zero-order chi connectivity index (χ0) is 11.8. The van der Waals surface area contributed by atoms with Gasteiger partial charge in [-0.3, -0.25) is 9.59 Å². The molecule has 88 valence electrons. The van der Waals surface area contributed by atoms with Crippen LogP contribution in [-0.4, -0.2) is 35.8 Å². The second-order valence-electron chi connectivity index (χ2n) is 3.14. The fourth-order valence-corrected chi connectivity index (χ4v) is 2.27. The highest BCUT2D eigenvalue weighted by Crippen LogP contribution is 2.17. The van der Waals surface area contributed by atoms with Crippen molar-refractivity contribution in [2.75, 3.05) is 12.0 Å². The molecular formula is C9H18N2O2S2. The van der Waals surface area contributed by atoms with Crippen LogP contribution in [0.5, 0.6) is 0 Å². The third kappa shape index (κ3) is 6.06. The lowest BCUT2D eigenvalue weighted by atomic mass is 10.2. The molecule has 0 aliphatic heterocycles. The molecule has 0 saturated heterocycles. The van der Waals surface area contributed by atoms with Crippen molar-refractivity contribution in [2.24, 2.45) is 5.73 Å². The lowest BCUT2D eigenvalue weighted by molar-refractivity contribution is -0.127. The summed E-state index contributed by atoms with van der Waals surface area (Å²) in [6.45, 7) is 3.31. The monoisotopic (exact) mass is 250 g/mol. The number of nitrogens with two attached hydrogens (primary N) is 1. The predicted octanol–water partition coefficient (Wildman–Crippen LogP) is 0.809. The van der Waals surface area contributed by atoms with Gasteiger partial charge in [-0.15, -0.1) is 0 Å². The van der Waals surface area contributed by atoms with E-state index in [9.17, 15) is 9.59 Å². The van der Waals surface area contributed by atoms with E-state index in [1.54, 1.807) is 21.6 Å². The Balaban J connectivity index is 4.16. The summed E-state index contributed by atoms with van der Waals surface area (Å²) in [6.07, 6.45) is 2.51. The summed E-state index contributed by atoms with van der Waals surface area (Å²) in [5, 5.41) is 2.65. The van der Waals surface area contributed by atoms with Gasteiger partial charge < -0.3 is 11.1 Å². The summed E-state index contributed by atoms with van der Waals surface area (Å²) >= 11 is 0. The van der Waals surface area contributed by atoms with Gasteiger partial charge in [0.15, 0.2) is 5.78 Å². The Bertz CT molecular complexity index is 224. The Kier molecular flexibility index (Phi) is 7.90. The molecule has 0 heterocycles. The molecule has 0 saturated carbocycles. The first-order valence-electron chi connectivity index (χ1n) is 4.74. The smallest absolute Gasteiger partial charge is 0.237 e. The Labute approximate surface area is 98.5 Å². The Morgan fingerprint density at radius 2 is 2.07 bits per heavy atom. The van der Waals surface area contributed by atoms with Crippen molar-refractivity contribution in [2.45, 2.75) is 32.4 Å². The van der Waals surface area contributed by atoms with Gasteiger partial charge in [-0.05, 0) is 19.6 Å². The van der Waals surface area contributed by atoms with Gasteiger partial charge in [-0.2, -0.15) is 0 Å². The average molecular weight is 250 g/mol. The summed E-state index contributed by atoms with van der Waals surface area (Å²) in [7, 11) is 3.12. The quantitative estimate of drug-likeness (QED) is 0.654. The topological polar surface area (TPSA) is 72.2 Å². The molecule has 0 aromatic rings. The zero-order valence-electron chi connectivity index (χ0n) is 9.28. The predicted molar refractivity (Wildman–Crippen MR) is 66.9 cm³/mol. The third-order valence-electron chi connectivity index (χ3n) is 1.94. The van der Waals surface area contributed by atoms with Crippen LogP contribution in [0.2, 0.25) is 0 Å². The molecule has 0 rings (SSSR count). The van der Waals surface area contributed by atoms with Gasteiger partial charge in [-0.25, -0.2) is 0 Å². The molecule has 0 aromatic heterocycles. The lowest BCUT2D eigenvalue weighted by Crippen LogP contribution is -2.48. The number of carbonyl (C=O) groups excluding carboxylic acids is 2. The van der Waals surface area contributed by atoms with Gasteiger partial charge in [0.1, 0.15) is 0 Å². The molecule has 1 amide bonds. The van der Waals surface area contributed by atoms with Crippen LogP contribution in [0.3, 0.4) is 0 Å². The Morgan fingerprint density at radius 1 is 1.47 bits per heavy atom. The Morgan fingerprint density at radius 3 is 2.47 bits per heavy atom. The molecule has 2 atom stereocenters. The van der Waals surface area contributed by atoms with Crippen LogP contribution < -0.4 is 11.1 Å². The molecule has 0 aromatic carbocycles. The minimum atomic E-state index is -0.522. The van der Waals surface area contributed by atoms with E-state index in [0.717, 1.165) is 0 Å². The summed E-state index contributed by atoms with van der Waals surface area (Å²) in [5.74, 6) is 0.297. The molecule has 6 heteroatoms. The van der Waals surface area contributed by atoms with Crippen LogP contribution in [0.1, 0.15) is 20.3 Å². The number of Topliss-reactive ketones (excluding diaryl/α,β-unsaturated/α-hetero) is 1. The molecule has 3 N–H and O–H groups in total. The molecule has 0 spiro atoms. The van der Waals surface area contributed by atoms with Crippen molar-refractivity contribution < 1.29 is 9.59 Å². The van der Waals surface area contributed by atoms with Gasteiger partial charge in [0.25, 0.3) is 0 Å². The molecule has 2 unspecified atom stereocenters. The van der Waals surface area contributed by atoms with Crippen LogP contribution in [0.15, 0.2) is 0 Å². The summed E-state index contributed by atoms with van der Waals surface area (Å²) in [4.78, 5) is 22.7. The highest BCUT2D eigenvalue weighted by Gasteiger charge is 2.19. The van der Waals surface area contributed by atoms with Crippen molar-refractivity contribution in [3.63, 3.8) is 0 Å².